The minimum Gasteiger partial charge on any atom is -0.326 e. The molecule has 0 saturated carbocycles. The lowest BCUT2D eigenvalue weighted by molar-refractivity contribution is 0.405. The molecule has 0 bridgehead atoms. The van der Waals surface area contributed by atoms with Gasteiger partial charge < -0.3 is 9.79 Å². The lowest BCUT2D eigenvalue weighted by atomic mass is 10.4. The summed E-state index contributed by atoms with van der Waals surface area (Å²) in [5, 5.41) is 3.32. The molecular weight excluding hydrogens is 361 g/mol. The lowest BCUT2D eigenvalue weighted by Crippen LogP contribution is -1.82. The fourth-order valence-corrected chi connectivity index (χ4v) is 31.5. The highest BCUT2D eigenvalue weighted by Gasteiger charge is 2.27. The molecule has 0 aromatic carbocycles. The topological polar surface area (TPSA) is 57.5 Å². The number of hydrogen-bond donors (Lipinski definition) is 2. The Balaban J connectivity index is 0.000000267. The Morgan fingerprint density at radius 3 is 2.72 bits per heavy atom. The van der Waals surface area contributed by atoms with Crippen molar-refractivity contribution in [3.63, 3.8) is 0 Å². The van der Waals surface area contributed by atoms with Crippen molar-refractivity contribution in [1.82, 2.24) is 0 Å². The normalized spacial score (nSPS) is 30.4. The second kappa shape index (κ2) is 7.82. The largest absolute Gasteiger partial charge is 0.326 e. The van der Waals surface area contributed by atoms with Crippen LogP contribution < -0.4 is 0 Å². The second-order valence-corrected chi connectivity index (χ2v) is 19.5. The summed E-state index contributed by atoms with van der Waals surface area (Å²) < 4.78 is 8.74. The van der Waals surface area contributed by atoms with Gasteiger partial charge in [0.25, 0.3) is 0 Å². The van der Waals surface area contributed by atoms with Crippen molar-refractivity contribution in [2.24, 2.45) is 0 Å². The molecule has 0 aliphatic carbocycles. The molecule has 0 fully saturated rings. The summed E-state index contributed by atoms with van der Waals surface area (Å²) in [6, 6.07) is 0. The number of rotatable bonds is 0. The zero-order chi connectivity index (χ0) is 13.0. The van der Waals surface area contributed by atoms with Gasteiger partial charge >= 0.3 is 8.25 Å². The molecule has 18 heavy (non-hydrogen) atoms. The van der Waals surface area contributed by atoms with Crippen LogP contribution in [0.25, 0.3) is 0 Å². The van der Waals surface area contributed by atoms with Gasteiger partial charge in [-0.3, -0.25) is 4.57 Å². The van der Waals surface area contributed by atoms with E-state index < -0.39 is 8.25 Å². The Bertz CT molecular complexity index is 485. The van der Waals surface area contributed by atoms with Gasteiger partial charge in [0.2, 0.25) is 0 Å². The van der Waals surface area contributed by atoms with E-state index in [1.165, 1.54) is 0 Å². The molecule has 0 aromatic heterocycles. The van der Waals surface area contributed by atoms with Crippen molar-refractivity contribution in [3.8, 4) is 0 Å². The van der Waals surface area contributed by atoms with Crippen LogP contribution in [0.2, 0.25) is 0 Å². The van der Waals surface area contributed by atoms with E-state index in [0.717, 1.165) is 0 Å². The molecule has 10 heteroatoms. The highest BCUT2D eigenvalue weighted by atomic mass is 32.6. The van der Waals surface area contributed by atoms with E-state index in [2.05, 4.69) is 36.2 Å². The monoisotopic (exact) mass is 370 g/mol. The van der Waals surface area contributed by atoms with Gasteiger partial charge in [-0.25, -0.2) is 0 Å². The molecule has 2 atom stereocenters. The zero-order valence-electron chi connectivity index (χ0n) is 8.95. The minimum atomic E-state index is -3.13. The van der Waals surface area contributed by atoms with Gasteiger partial charge in [-0.15, -0.1) is 0 Å². The van der Waals surface area contributed by atoms with E-state index in [-0.39, 0.29) is 14.9 Å². The molecule has 0 amide bonds. The molecule has 94 valence electrons. The predicted molar refractivity (Wildman–Crippen MR) is 89.4 cm³/mol. The average Bonchev–Trinajstić information content (AvgIpc) is 2.38. The second-order valence-electron chi connectivity index (χ2n) is 3.10. The van der Waals surface area contributed by atoms with Crippen molar-refractivity contribution in [3.05, 3.63) is 46.6 Å². The molecule has 2 N–H and O–H groups in total. The standard InChI is InChI=1S/C8H6P6.H3O3P/c1-2-6-13-7(3-1)4-5-8-9-10-11-12-14(8)13;1-4(2)3/h1-6H;4H,(H2,1,2,3). The third kappa shape index (κ3) is 4.34. The highest BCUT2D eigenvalue weighted by Crippen LogP contribution is 2.91. The van der Waals surface area contributed by atoms with Gasteiger partial charge in [-0.05, 0) is 49.5 Å². The van der Waals surface area contributed by atoms with Crippen molar-refractivity contribution in [2.45, 2.75) is 0 Å². The van der Waals surface area contributed by atoms with E-state index in [1.54, 1.807) is 40.9 Å². The molecule has 3 rings (SSSR count). The third-order valence-corrected chi connectivity index (χ3v) is 24.8. The molecule has 0 spiro atoms. The fourth-order valence-electron chi connectivity index (χ4n) is 1.37. The van der Waals surface area contributed by atoms with E-state index in [9.17, 15) is 0 Å². The summed E-state index contributed by atoms with van der Waals surface area (Å²) in [7, 11) is 3.56. The van der Waals surface area contributed by atoms with Crippen LogP contribution in [-0.2, 0) is 4.57 Å². The Labute approximate surface area is 115 Å². The Morgan fingerprint density at radius 1 is 1.17 bits per heavy atom. The first-order valence-electron chi connectivity index (χ1n) is 4.78. The first kappa shape index (κ1) is 15.6. The average molecular weight is 370 g/mol. The lowest BCUT2D eigenvalue weighted by Gasteiger charge is -2.28. The quantitative estimate of drug-likeness (QED) is 0.478. The molecule has 0 radical (unpaired) electrons. The molecular formula is C8H9O3P7. The van der Waals surface area contributed by atoms with Crippen molar-refractivity contribution >= 4 is 53.7 Å². The van der Waals surface area contributed by atoms with Crippen molar-refractivity contribution in [1.29, 1.82) is 0 Å². The molecule has 0 aromatic rings. The summed E-state index contributed by atoms with van der Waals surface area (Å²) in [6.07, 6.45) is 11.5. The van der Waals surface area contributed by atoms with Gasteiger partial charge in [-0.1, -0.05) is 30.1 Å². The highest BCUT2D eigenvalue weighted by molar-refractivity contribution is 8.70. The molecule has 3 heterocycles. The van der Waals surface area contributed by atoms with Gasteiger partial charge in [0, 0.05) is 12.4 Å². The van der Waals surface area contributed by atoms with Crippen LogP contribution in [0.3, 0.4) is 0 Å². The first-order chi connectivity index (χ1) is 8.68. The van der Waals surface area contributed by atoms with Crippen LogP contribution in [0.15, 0.2) is 46.6 Å². The zero-order valence-corrected chi connectivity index (χ0v) is 15.3. The summed E-state index contributed by atoms with van der Waals surface area (Å²) in [4.78, 5) is 14.3. The molecule has 3 aliphatic heterocycles. The van der Waals surface area contributed by atoms with Crippen LogP contribution in [0.5, 0.6) is 0 Å². The van der Waals surface area contributed by atoms with Crippen LogP contribution in [0.4, 0.5) is 0 Å². The number of fused-ring (bicyclic) bond motifs is 3. The Hall–Kier alpha value is 1.17. The van der Waals surface area contributed by atoms with Crippen LogP contribution in [0.1, 0.15) is 0 Å². The number of allylic oxidation sites excluding steroid dienone is 6. The Kier molecular flexibility index (Phi) is 6.76. The van der Waals surface area contributed by atoms with Gasteiger partial charge in [0.05, 0.1) is 0 Å². The van der Waals surface area contributed by atoms with Gasteiger partial charge in [0.15, 0.2) is 0 Å². The molecule has 2 unspecified atom stereocenters. The SMILES string of the molecule is C1=CC2=CC=C3P=PP=PP3P2C=C1.O=[PH](O)O. The maximum absolute atomic E-state index is 8.74. The van der Waals surface area contributed by atoms with E-state index in [4.69, 9.17) is 14.4 Å². The van der Waals surface area contributed by atoms with Gasteiger partial charge in [0.1, 0.15) is 0 Å². The van der Waals surface area contributed by atoms with Crippen molar-refractivity contribution < 1.29 is 14.4 Å². The minimum absolute atomic E-state index is 0.0559. The van der Waals surface area contributed by atoms with Crippen molar-refractivity contribution in [2.75, 3.05) is 0 Å². The summed E-state index contributed by atoms with van der Waals surface area (Å²) in [5.74, 6) is 2.46. The van der Waals surface area contributed by atoms with E-state index in [0.29, 0.717) is 0 Å². The van der Waals surface area contributed by atoms with Crippen LogP contribution in [-0.4, -0.2) is 9.79 Å². The third-order valence-electron chi connectivity index (χ3n) is 1.99. The predicted octanol–water partition coefficient (Wildman–Crippen LogP) is 6.51. The molecule has 0 saturated heterocycles. The van der Waals surface area contributed by atoms with Gasteiger partial charge in [-0.2, -0.15) is 0 Å². The molecule has 3 aliphatic rings. The summed E-state index contributed by atoms with van der Waals surface area (Å²) in [5.41, 5.74) is 0. The Morgan fingerprint density at radius 2 is 1.94 bits per heavy atom. The molecule has 3 nitrogen and oxygen atoms in total. The summed E-state index contributed by atoms with van der Waals surface area (Å²) >= 11 is 0. The van der Waals surface area contributed by atoms with Crippen LogP contribution in [0, 0.1) is 0 Å². The van der Waals surface area contributed by atoms with E-state index >= 15 is 0 Å². The maximum atomic E-state index is 8.74. The number of hydrogen-bond acceptors (Lipinski definition) is 1. The van der Waals surface area contributed by atoms with Crippen LogP contribution >= 0.6 is 53.7 Å². The summed E-state index contributed by atoms with van der Waals surface area (Å²) in [6.45, 7) is 0. The fraction of sp³-hybridized carbons (Fsp3) is 0. The van der Waals surface area contributed by atoms with E-state index in [1.807, 2.05) is 0 Å². The maximum Gasteiger partial charge on any atom is 0.314 e. The first-order valence-corrected chi connectivity index (χ1v) is 15.9. The smallest absolute Gasteiger partial charge is 0.314 e.